The molecular weight excluding hydrogens is 316 g/mol. The quantitative estimate of drug-likeness (QED) is 0.623. The molecule has 3 aromatic rings. The van der Waals surface area contributed by atoms with Crippen LogP contribution in [0.25, 0.3) is 21.6 Å². The lowest BCUT2D eigenvalue weighted by Crippen LogP contribution is -2.37. The van der Waals surface area contributed by atoms with Crippen molar-refractivity contribution in [1.29, 1.82) is 0 Å². The second-order valence-electron chi connectivity index (χ2n) is 5.97. The van der Waals surface area contributed by atoms with Crippen LogP contribution < -0.4 is 5.19 Å². The lowest BCUT2D eigenvalue weighted by Gasteiger charge is -2.23. The van der Waals surface area contributed by atoms with Crippen LogP contribution >= 0.6 is 11.3 Å². The normalized spacial score (nSPS) is 18.0. The fraction of sp³-hybridized carbons (Fsp3) is 0.200. The maximum atomic E-state index is 6.19. The average Bonchev–Trinajstić information content (AvgIpc) is 3.13. The summed E-state index contributed by atoms with van der Waals surface area (Å²) in [4.78, 5) is 1.38. The molecule has 0 N–H and O–H groups in total. The van der Waals surface area contributed by atoms with Crippen LogP contribution in [0.15, 0.2) is 66.0 Å². The molecule has 4 rings (SSSR count). The fourth-order valence-electron chi connectivity index (χ4n) is 3.33. The maximum absolute atomic E-state index is 6.19. The van der Waals surface area contributed by atoms with Gasteiger partial charge in [0.1, 0.15) is 0 Å². The fourth-order valence-corrected chi connectivity index (χ4v) is 7.09. The summed E-state index contributed by atoms with van der Waals surface area (Å²) >= 11 is 1.84. The van der Waals surface area contributed by atoms with Gasteiger partial charge in [-0.3, -0.25) is 0 Å². The zero-order chi connectivity index (χ0) is 15.5. The Morgan fingerprint density at radius 2 is 1.65 bits per heavy atom. The van der Waals surface area contributed by atoms with Crippen LogP contribution in [-0.2, 0) is 4.43 Å². The van der Waals surface area contributed by atoms with Gasteiger partial charge in [-0.25, -0.2) is 0 Å². The van der Waals surface area contributed by atoms with E-state index in [0.29, 0.717) is 0 Å². The van der Waals surface area contributed by atoms with Gasteiger partial charge in [-0.15, -0.1) is 11.3 Å². The summed E-state index contributed by atoms with van der Waals surface area (Å²) in [5.74, 6) is 0. The Kier molecular flexibility index (Phi) is 4.42. The van der Waals surface area contributed by atoms with Crippen molar-refractivity contribution in [2.45, 2.75) is 18.9 Å². The van der Waals surface area contributed by atoms with Gasteiger partial charge in [0.15, 0.2) is 0 Å². The number of benzene rings is 2. The first kappa shape index (κ1) is 14.9. The Hall–Kier alpha value is -1.68. The molecule has 1 aliphatic heterocycles. The molecule has 1 nitrogen and oxygen atoms in total. The van der Waals surface area contributed by atoms with Crippen molar-refractivity contribution in [2.75, 3.05) is 6.61 Å². The third-order valence-corrected chi connectivity index (χ3v) is 8.20. The Morgan fingerprint density at radius 1 is 0.826 bits per heavy atom. The number of thiophene rings is 1. The van der Waals surface area contributed by atoms with Crippen LogP contribution in [-0.4, -0.2) is 15.6 Å². The van der Waals surface area contributed by atoms with Crippen molar-refractivity contribution in [2.24, 2.45) is 0 Å². The van der Waals surface area contributed by atoms with Gasteiger partial charge in [-0.1, -0.05) is 61.0 Å². The number of rotatable bonds is 3. The molecule has 1 aliphatic rings. The van der Waals surface area contributed by atoms with Gasteiger partial charge in [0.05, 0.1) is 0 Å². The van der Waals surface area contributed by atoms with Gasteiger partial charge >= 0.3 is 0 Å². The molecule has 0 radical (unpaired) electrons. The summed E-state index contributed by atoms with van der Waals surface area (Å²) < 4.78 is 6.19. The van der Waals surface area contributed by atoms with Crippen molar-refractivity contribution in [3.63, 3.8) is 0 Å². The zero-order valence-corrected chi connectivity index (χ0v) is 15.0. The number of hydrogen-bond acceptors (Lipinski definition) is 2. The average molecular weight is 337 g/mol. The van der Waals surface area contributed by atoms with Crippen molar-refractivity contribution in [3.05, 3.63) is 66.0 Å². The molecular formula is C20H20OSSi. The molecule has 1 saturated heterocycles. The molecule has 2 heterocycles. The van der Waals surface area contributed by atoms with E-state index < -0.39 is 9.04 Å². The van der Waals surface area contributed by atoms with Gasteiger partial charge in [-0.2, -0.15) is 0 Å². The largest absolute Gasteiger partial charge is 0.415 e. The van der Waals surface area contributed by atoms with E-state index in [2.05, 4.69) is 66.0 Å². The molecule has 23 heavy (non-hydrogen) atoms. The first-order chi connectivity index (χ1) is 11.4. The lowest BCUT2D eigenvalue weighted by molar-refractivity contribution is 0.294. The maximum Gasteiger partial charge on any atom is 0.208 e. The van der Waals surface area contributed by atoms with Crippen molar-refractivity contribution < 1.29 is 4.43 Å². The topological polar surface area (TPSA) is 9.23 Å². The van der Waals surface area contributed by atoms with Crippen molar-refractivity contribution in [1.82, 2.24) is 0 Å². The van der Waals surface area contributed by atoms with Crippen LogP contribution in [0.4, 0.5) is 0 Å². The number of hydrogen-bond donors (Lipinski definition) is 0. The Labute approximate surface area is 143 Å². The van der Waals surface area contributed by atoms with Crippen LogP contribution in [0, 0.1) is 0 Å². The third kappa shape index (κ3) is 3.04. The monoisotopic (exact) mass is 336 g/mol. The van der Waals surface area contributed by atoms with E-state index >= 15 is 0 Å². The highest BCUT2D eigenvalue weighted by Gasteiger charge is 2.23. The second-order valence-corrected chi connectivity index (χ2v) is 9.40. The lowest BCUT2D eigenvalue weighted by atomic mass is 10.0. The van der Waals surface area contributed by atoms with Gasteiger partial charge < -0.3 is 4.43 Å². The summed E-state index contributed by atoms with van der Waals surface area (Å²) in [7, 11) is -1.28. The van der Waals surface area contributed by atoms with E-state index in [1.165, 1.54) is 45.6 Å². The van der Waals surface area contributed by atoms with Gasteiger partial charge in [0.2, 0.25) is 9.04 Å². The minimum Gasteiger partial charge on any atom is -0.415 e. The Balaban J connectivity index is 1.79. The summed E-state index contributed by atoms with van der Waals surface area (Å²) in [5, 5.41) is 3.68. The molecule has 0 aliphatic carbocycles. The van der Waals surface area contributed by atoms with Gasteiger partial charge in [-0.05, 0) is 40.2 Å². The van der Waals surface area contributed by atoms with E-state index in [9.17, 15) is 0 Å². The van der Waals surface area contributed by atoms with E-state index in [0.717, 1.165) is 6.61 Å². The predicted octanol–water partition coefficient (Wildman–Crippen LogP) is 4.82. The van der Waals surface area contributed by atoms with Crippen LogP contribution in [0.2, 0.25) is 6.04 Å². The highest BCUT2D eigenvalue weighted by atomic mass is 32.1. The van der Waals surface area contributed by atoms with Crippen molar-refractivity contribution in [3.8, 4) is 21.6 Å². The molecule has 2 aromatic carbocycles. The summed E-state index contributed by atoms with van der Waals surface area (Å²) in [5.41, 5.74) is 4.03. The first-order valence-corrected chi connectivity index (χ1v) is 11.0. The highest BCUT2D eigenvalue weighted by Crippen LogP contribution is 2.36. The van der Waals surface area contributed by atoms with Crippen LogP contribution in [0.3, 0.4) is 0 Å². The van der Waals surface area contributed by atoms with Crippen molar-refractivity contribution >= 4 is 25.6 Å². The van der Waals surface area contributed by atoms with E-state index in [1.807, 2.05) is 11.3 Å². The predicted molar refractivity (Wildman–Crippen MR) is 102 cm³/mol. The van der Waals surface area contributed by atoms with Crippen LogP contribution in [0.5, 0.6) is 0 Å². The summed E-state index contributed by atoms with van der Waals surface area (Å²) in [6.07, 6.45) is 2.54. The molecule has 1 aromatic heterocycles. The standard InChI is InChI=1S/C20H20OSSi/c1-2-8-16(9-3-1)17-12-14-22-20(17)18-10-4-5-11-19(18)23-15-7-6-13-21-23/h1-5,8-12,14,23H,6-7,13,15H2. The molecule has 0 amide bonds. The van der Waals surface area contributed by atoms with Crippen LogP contribution in [0.1, 0.15) is 12.8 Å². The third-order valence-electron chi connectivity index (χ3n) is 4.48. The van der Waals surface area contributed by atoms with Gasteiger partial charge in [0.25, 0.3) is 0 Å². The highest BCUT2D eigenvalue weighted by molar-refractivity contribution is 7.14. The molecule has 1 atom stereocenters. The van der Waals surface area contributed by atoms with E-state index in [4.69, 9.17) is 4.43 Å². The SMILES string of the molecule is c1ccc(-c2ccsc2-c2ccccc2[SiH]2CCCCO2)cc1. The molecule has 0 bridgehead atoms. The Morgan fingerprint density at radius 3 is 2.48 bits per heavy atom. The molecule has 1 unspecified atom stereocenters. The Bertz CT molecular complexity index is 775. The van der Waals surface area contributed by atoms with E-state index in [1.54, 1.807) is 0 Å². The molecule has 0 saturated carbocycles. The first-order valence-electron chi connectivity index (χ1n) is 8.27. The second kappa shape index (κ2) is 6.83. The molecule has 1 fully saturated rings. The molecule has 116 valence electrons. The zero-order valence-electron chi connectivity index (χ0n) is 13.1. The summed E-state index contributed by atoms with van der Waals surface area (Å²) in [6, 6.07) is 23.1. The van der Waals surface area contributed by atoms with Gasteiger partial charge in [0, 0.05) is 17.0 Å². The minimum atomic E-state index is -1.28. The smallest absolute Gasteiger partial charge is 0.208 e. The van der Waals surface area contributed by atoms with E-state index in [-0.39, 0.29) is 0 Å². The summed E-state index contributed by atoms with van der Waals surface area (Å²) in [6.45, 7) is 0.946. The molecule has 3 heteroatoms. The minimum absolute atomic E-state index is 0.946. The molecule has 0 spiro atoms.